The van der Waals surface area contributed by atoms with E-state index in [2.05, 4.69) is 9.88 Å². The van der Waals surface area contributed by atoms with Crippen LogP contribution in [0.25, 0.3) is 0 Å². The number of nitrogen functional groups attached to an aromatic ring is 1. The maximum absolute atomic E-state index is 6.07. The summed E-state index contributed by atoms with van der Waals surface area (Å²) in [5.74, 6) is 1.89. The number of aromatic nitrogens is 1. The highest BCUT2D eigenvalue weighted by molar-refractivity contribution is 5.63. The van der Waals surface area contributed by atoms with Crippen LogP contribution in [0.1, 0.15) is 38.5 Å². The molecule has 2 heterocycles. The molecular formula is C14H21N3. The number of rotatable bonds is 1. The predicted molar refractivity (Wildman–Crippen MR) is 71.0 cm³/mol. The molecule has 1 aromatic rings. The van der Waals surface area contributed by atoms with E-state index in [9.17, 15) is 0 Å². The lowest BCUT2D eigenvalue weighted by Crippen LogP contribution is -2.47. The SMILES string of the molecule is Nc1cccnc1N1CCC[C@H]2CCCC[C@@H]21. The van der Waals surface area contributed by atoms with E-state index in [0.29, 0.717) is 6.04 Å². The summed E-state index contributed by atoms with van der Waals surface area (Å²) >= 11 is 0. The van der Waals surface area contributed by atoms with E-state index in [4.69, 9.17) is 5.73 Å². The van der Waals surface area contributed by atoms with Crippen molar-refractivity contribution in [2.75, 3.05) is 17.2 Å². The molecule has 0 amide bonds. The van der Waals surface area contributed by atoms with Crippen LogP contribution in [0.3, 0.4) is 0 Å². The Bertz CT molecular complexity index is 389. The third-order valence-electron chi connectivity index (χ3n) is 4.33. The smallest absolute Gasteiger partial charge is 0.152 e. The van der Waals surface area contributed by atoms with Gasteiger partial charge in [-0.25, -0.2) is 4.98 Å². The van der Waals surface area contributed by atoms with Crippen molar-refractivity contribution in [3.05, 3.63) is 18.3 Å². The highest BCUT2D eigenvalue weighted by Crippen LogP contribution is 2.38. The minimum absolute atomic E-state index is 0.690. The molecule has 3 rings (SSSR count). The van der Waals surface area contributed by atoms with Crippen LogP contribution < -0.4 is 10.6 Å². The van der Waals surface area contributed by atoms with E-state index in [1.807, 2.05) is 18.3 Å². The zero-order chi connectivity index (χ0) is 11.7. The van der Waals surface area contributed by atoms with Crippen molar-refractivity contribution in [1.82, 2.24) is 4.98 Å². The summed E-state index contributed by atoms with van der Waals surface area (Å²) in [5.41, 5.74) is 6.90. The molecule has 0 aromatic carbocycles. The van der Waals surface area contributed by atoms with Gasteiger partial charge in [-0.15, -0.1) is 0 Å². The van der Waals surface area contributed by atoms with Gasteiger partial charge < -0.3 is 10.6 Å². The first-order valence-corrected chi connectivity index (χ1v) is 6.83. The Kier molecular flexibility index (Phi) is 2.91. The van der Waals surface area contributed by atoms with Gasteiger partial charge in [0.05, 0.1) is 5.69 Å². The Labute approximate surface area is 103 Å². The molecular weight excluding hydrogens is 210 g/mol. The summed E-state index contributed by atoms with van der Waals surface area (Å²) in [5, 5.41) is 0. The molecule has 1 aliphatic carbocycles. The molecule has 0 bridgehead atoms. The topological polar surface area (TPSA) is 42.1 Å². The molecule has 2 aliphatic rings. The molecule has 0 radical (unpaired) electrons. The second-order valence-electron chi connectivity index (χ2n) is 5.36. The van der Waals surface area contributed by atoms with E-state index in [-0.39, 0.29) is 0 Å². The molecule has 2 atom stereocenters. The van der Waals surface area contributed by atoms with Crippen LogP contribution >= 0.6 is 0 Å². The Morgan fingerprint density at radius 1 is 1.18 bits per heavy atom. The summed E-state index contributed by atoms with van der Waals surface area (Å²) in [6.07, 6.45) is 10.0. The molecule has 2 fully saturated rings. The van der Waals surface area contributed by atoms with Crippen LogP contribution in [-0.4, -0.2) is 17.6 Å². The molecule has 2 N–H and O–H groups in total. The summed E-state index contributed by atoms with van der Waals surface area (Å²) < 4.78 is 0. The van der Waals surface area contributed by atoms with E-state index >= 15 is 0 Å². The Hall–Kier alpha value is -1.25. The second-order valence-corrected chi connectivity index (χ2v) is 5.36. The second kappa shape index (κ2) is 4.55. The van der Waals surface area contributed by atoms with Crippen LogP contribution in [0.15, 0.2) is 18.3 Å². The van der Waals surface area contributed by atoms with Gasteiger partial charge in [-0.2, -0.15) is 0 Å². The molecule has 1 saturated carbocycles. The Morgan fingerprint density at radius 3 is 2.88 bits per heavy atom. The maximum atomic E-state index is 6.07. The minimum Gasteiger partial charge on any atom is -0.396 e. The van der Waals surface area contributed by atoms with Gasteiger partial charge in [0.2, 0.25) is 0 Å². The van der Waals surface area contributed by atoms with E-state index in [1.54, 1.807) is 0 Å². The van der Waals surface area contributed by atoms with Crippen molar-refractivity contribution < 1.29 is 0 Å². The third kappa shape index (κ3) is 1.99. The number of fused-ring (bicyclic) bond motifs is 1. The van der Waals surface area contributed by atoms with Gasteiger partial charge in [-0.1, -0.05) is 12.8 Å². The number of pyridine rings is 1. The largest absolute Gasteiger partial charge is 0.396 e. The zero-order valence-electron chi connectivity index (χ0n) is 10.3. The quantitative estimate of drug-likeness (QED) is 0.808. The predicted octanol–water partition coefficient (Wildman–Crippen LogP) is 2.82. The molecule has 3 heteroatoms. The van der Waals surface area contributed by atoms with E-state index in [1.165, 1.54) is 38.5 Å². The number of hydrogen-bond donors (Lipinski definition) is 1. The van der Waals surface area contributed by atoms with Crippen molar-refractivity contribution in [3.8, 4) is 0 Å². The third-order valence-corrected chi connectivity index (χ3v) is 4.33. The molecule has 1 aromatic heterocycles. The number of piperidine rings is 1. The highest BCUT2D eigenvalue weighted by atomic mass is 15.2. The first kappa shape index (κ1) is 10.9. The normalized spacial score (nSPS) is 28.8. The van der Waals surface area contributed by atoms with Gasteiger partial charge >= 0.3 is 0 Å². The molecule has 0 unspecified atom stereocenters. The van der Waals surface area contributed by atoms with Gasteiger partial charge in [0, 0.05) is 18.8 Å². The highest BCUT2D eigenvalue weighted by Gasteiger charge is 2.34. The van der Waals surface area contributed by atoms with Crippen LogP contribution in [0.2, 0.25) is 0 Å². The first-order valence-electron chi connectivity index (χ1n) is 6.83. The fourth-order valence-electron chi connectivity index (χ4n) is 3.54. The molecule has 0 spiro atoms. The molecule has 1 aliphatic heterocycles. The molecule has 3 nitrogen and oxygen atoms in total. The number of anilines is 2. The van der Waals surface area contributed by atoms with Gasteiger partial charge in [0.15, 0.2) is 5.82 Å². The van der Waals surface area contributed by atoms with Crippen molar-refractivity contribution in [1.29, 1.82) is 0 Å². The summed E-state index contributed by atoms with van der Waals surface area (Å²) in [4.78, 5) is 6.97. The summed E-state index contributed by atoms with van der Waals surface area (Å²) in [6.45, 7) is 1.13. The summed E-state index contributed by atoms with van der Waals surface area (Å²) in [7, 11) is 0. The molecule has 17 heavy (non-hydrogen) atoms. The van der Waals surface area contributed by atoms with Crippen LogP contribution in [0.4, 0.5) is 11.5 Å². The lowest BCUT2D eigenvalue weighted by atomic mass is 9.78. The van der Waals surface area contributed by atoms with Crippen LogP contribution in [0, 0.1) is 5.92 Å². The van der Waals surface area contributed by atoms with Crippen molar-refractivity contribution in [2.24, 2.45) is 5.92 Å². The first-order chi connectivity index (χ1) is 8.36. The average Bonchev–Trinajstić information content (AvgIpc) is 2.39. The van der Waals surface area contributed by atoms with Gasteiger partial charge in [0.1, 0.15) is 0 Å². The average molecular weight is 231 g/mol. The Morgan fingerprint density at radius 2 is 2.00 bits per heavy atom. The lowest BCUT2D eigenvalue weighted by Gasteiger charge is -2.45. The van der Waals surface area contributed by atoms with Crippen molar-refractivity contribution >= 4 is 11.5 Å². The van der Waals surface area contributed by atoms with E-state index in [0.717, 1.165) is 24.0 Å². The van der Waals surface area contributed by atoms with Gasteiger partial charge in [-0.05, 0) is 43.7 Å². The number of nitrogens with zero attached hydrogens (tertiary/aromatic N) is 2. The number of hydrogen-bond acceptors (Lipinski definition) is 3. The zero-order valence-corrected chi connectivity index (χ0v) is 10.3. The lowest BCUT2D eigenvalue weighted by molar-refractivity contribution is 0.243. The van der Waals surface area contributed by atoms with Crippen LogP contribution in [-0.2, 0) is 0 Å². The van der Waals surface area contributed by atoms with Crippen molar-refractivity contribution in [3.63, 3.8) is 0 Å². The standard InChI is InChI=1S/C14H21N3/c15-12-7-3-9-16-14(12)17-10-4-6-11-5-1-2-8-13(11)17/h3,7,9,11,13H,1-2,4-6,8,10,15H2/t11-,13+/m1/s1. The van der Waals surface area contributed by atoms with Gasteiger partial charge in [0.25, 0.3) is 0 Å². The van der Waals surface area contributed by atoms with E-state index < -0.39 is 0 Å². The Balaban J connectivity index is 1.88. The fourth-order valence-corrected chi connectivity index (χ4v) is 3.54. The maximum Gasteiger partial charge on any atom is 0.152 e. The monoisotopic (exact) mass is 231 g/mol. The molecule has 92 valence electrons. The number of nitrogens with two attached hydrogens (primary N) is 1. The van der Waals surface area contributed by atoms with Gasteiger partial charge in [-0.3, -0.25) is 0 Å². The summed E-state index contributed by atoms with van der Waals surface area (Å²) in [6, 6.07) is 4.57. The molecule has 1 saturated heterocycles. The fraction of sp³-hybridized carbons (Fsp3) is 0.643. The van der Waals surface area contributed by atoms with Crippen molar-refractivity contribution in [2.45, 2.75) is 44.6 Å². The van der Waals surface area contributed by atoms with Crippen LogP contribution in [0.5, 0.6) is 0 Å². The minimum atomic E-state index is 0.690.